The molecule has 96 valence electrons. The SMILES string of the molecule is CCC(=O)NCCc1cc(C)n(C(C)C)c1C. The van der Waals surface area contributed by atoms with Gasteiger partial charge in [0.25, 0.3) is 0 Å². The van der Waals surface area contributed by atoms with E-state index in [0.29, 0.717) is 12.5 Å². The molecule has 0 aliphatic carbocycles. The monoisotopic (exact) mass is 236 g/mol. The molecule has 1 aromatic rings. The van der Waals surface area contributed by atoms with E-state index in [1.54, 1.807) is 0 Å². The Morgan fingerprint density at radius 2 is 2.06 bits per heavy atom. The van der Waals surface area contributed by atoms with Crippen LogP contribution in [0.15, 0.2) is 6.07 Å². The zero-order valence-electron chi connectivity index (χ0n) is 11.6. The zero-order valence-corrected chi connectivity index (χ0v) is 11.6. The standard InChI is InChI=1S/C14H24N2O/c1-6-14(17)15-8-7-13-9-11(4)16(10(2)3)12(13)5/h9-10H,6-8H2,1-5H3,(H,15,17). The van der Waals surface area contributed by atoms with Crippen molar-refractivity contribution in [1.82, 2.24) is 9.88 Å². The van der Waals surface area contributed by atoms with Gasteiger partial charge in [-0.05, 0) is 45.7 Å². The molecule has 0 aromatic carbocycles. The van der Waals surface area contributed by atoms with Crippen molar-refractivity contribution in [1.29, 1.82) is 0 Å². The zero-order chi connectivity index (χ0) is 13.0. The lowest BCUT2D eigenvalue weighted by Gasteiger charge is -2.13. The second-order valence-electron chi connectivity index (χ2n) is 4.81. The number of amides is 1. The van der Waals surface area contributed by atoms with Gasteiger partial charge >= 0.3 is 0 Å². The fourth-order valence-corrected chi connectivity index (χ4v) is 2.35. The average molecular weight is 236 g/mol. The summed E-state index contributed by atoms with van der Waals surface area (Å²) in [4.78, 5) is 11.2. The molecule has 0 spiro atoms. The van der Waals surface area contributed by atoms with Crippen LogP contribution in [0, 0.1) is 13.8 Å². The number of hydrogen-bond donors (Lipinski definition) is 1. The fourth-order valence-electron chi connectivity index (χ4n) is 2.35. The van der Waals surface area contributed by atoms with Gasteiger partial charge < -0.3 is 9.88 Å². The van der Waals surface area contributed by atoms with E-state index in [0.717, 1.165) is 13.0 Å². The van der Waals surface area contributed by atoms with Crippen molar-refractivity contribution in [2.24, 2.45) is 0 Å². The molecule has 0 aliphatic heterocycles. The van der Waals surface area contributed by atoms with Gasteiger partial charge in [-0.2, -0.15) is 0 Å². The van der Waals surface area contributed by atoms with E-state index in [9.17, 15) is 4.79 Å². The number of aromatic nitrogens is 1. The molecular formula is C14H24N2O. The lowest BCUT2D eigenvalue weighted by molar-refractivity contribution is -0.120. The second kappa shape index (κ2) is 5.89. The number of hydrogen-bond acceptors (Lipinski definition) is 1. The largest absolute Gasteiger partial charge is 0.356 e. The molecule has 3 nitrogen and oxygen atoms in total. The summed E-state index contributed by atoms with van der Waals surface area (Å²) in [5.41, 5.74) is 3.96. The molecule has 3 heteroatoms. The van der Waals surface area contributed by atoms with Gasteiger partial charge in [0.1, 0.15) is 0 Å². The molecule has 0 saturated heterocycles. The van der Waals surface area contributed by atoms with E-state index in [2.05, 4.69) is 43.6 Å². The molecular weight excluding hydrogens is 212 g/mol. The van der Waals surface area contributed by atoms with Crippen molar-refractivity contribution >= 4 is 5.91 Å². The first kappa shape index (κ1) is 13.8. The summed E-state index contributed by atoms with van der Waals surface area (Å²) in [5.74, 6) is 0.127. The summed E-state index contributed by atoms with van der Waals surface area (Å²) in [6.07, 6.45) is 1.48. The van der Waals surface area contributed by atoms with Crippen LogP contribution >= 0.6 is 0 Å². The number of nitrogens with one attached hydrogen (secondary N) is 1. The number of nitrogens with zero attached hydrogens (tertiary/aromatic N) is 1. The molecule has 0 radical (unpaired) electrons. The van der Waals surface area contributed by atoms with E-state index >= 15 is 0 Å². The third-order valence-corrected chi connectivity index (χ3v) is 3.14. The topological polar surface area (TPSA) is 34.0 Å². The fraction of sp³-hybridized carbons (Fsp3) is 0.643. The summed E-state index contributed by atoms with van der Waals surface area (Å²) < 4.78 is 2.34. The van der Waals surface area contributed by atoms with E-state index in [1.165, 1.54) is 17.0 Å². The van der Waals surface area contributed by atoms with Crippen LogP contribution in [0.3, 0.4) is 0 Å². The van der Waals surface area contributed by atoms with Crippen LogP contribution in [0.2, 0.25) is 0 Å². The maximum Gasteiger partial charge on any atom is 0.219 e. The van der Waals surface area contributed by atoms with Crippen LogP contribution in [0.5, 0.6) is 0 Å². The Labute approximate surface area is 104 Å². The summed E-state index contributed by atoms with van der Waals surface area (Å²) in [6, 6.07) is 2.72. The maximum absolute atomic E-state index is 11.2. The van der Waals surface area contributed by atoms with Crippen LogP contribution in [0.1, 0.15) is 50.2 Å². The Kier molecular flexibility index (Phi) is 4.79. The van der Waals surface area contributed by atoms with Crippen molar-refractivity contribution in [3.05, 3.63) is 23.0 Å². The highest BCUT2D eigenvalue weighted by Gasteiger charge is 2.10. The first-order chi connectivity index (χ1) is 7.97. The number of aryl methyl sites for hydroxylation is 1. The van der Waals surface area contributed by atoms with Gasteiger partial charge in [0, 0.05) is 30.4 Å². The van der Waals surface area contributed by atoms with Crippen molar-refractivity contribution in [3.63, 3.8) is 0 Å². The van der Waals surface area contributed by atoms with Gasteiger partial charge in [-0.15, -0.1) is 0 Å². The highest BCUT2D eigenvalue weighted by Crippen LogP contribution is 2.20. The van der Waals surface area contributed by atoms with Gasteiger partial charge in [-0.25, -0.2) is 0 Å². The normalized spacial score (nSPS) is 10.9. The van der Waals surface area contributed by atoms with Crippen LogP contribution < -0.4 is 5.32 Å². The van der Waals surface area contributed by atoms with Crippen molar-refractivity contribution < 1.29 is 4.79 Å². The van der Waals surface area contributed by atoms with Crippen LogP contribution in [0.25, 0.3) is 0 Å². The summed E-state index contributed by atoms with van der Waals surface area (Å²) >= 11 is 0. The first-order valence-corrected chi connectivity index (χ1v) is 6.41. The molecule has 1 amide bonds. The number of rotatable bonds is 5. The van der Waals surface area contributed by atoms with Gasteiger partial charge in [-0.3, -0.25) is 4.79 Å². The molecule has 0 atom stereocenters. The Morgan fingerprint density at radius 3 is 2.53 bits per heavy atom. The van der Waals surface area contributed by atoms with E-state index < -0.39 is 0 Å². The van der Waals surface area contributed by atoms with Crippen molar-refractivity contribution in [2.75, 3.05) is 6.54 Å². The highest BCUT2D eigenvalue weighted by molar-refractivity contribution is 5.75. The minimum Gasteiger partial charge on any atom is -0.356 e. The Bertz CT molecular complexity index is 391. The predicted octanol–water partition coefficient (Wildman–Crippen LogP) is 2.75. The maximum atomic E-state index is 11.2. The van der Waals surface area contributed by atoms with Crippen LogP contribution in [-0.2, 0) is 11.2 Å². The van der Waals surface area contributed by atoms with Gasteiger partial charge in [0.2, 0.25) is 5.91 Å². The molecule has 1 heterocycles. The summed E-state index contributed by atoms with van der Waals surface area (Å²) in [6.45, 7) is 11.3. The average Bonchev–Trinajstić information content (AvgIpc) is 2.53. The van der Waals surface area contributed by atoms with E-state index in [1.807, 2.05) is 6.92 Å². The quantitative estimate of drug-likeness (QED) is 0.838. The number of carbonyl (C=O) groups excluding carboxylic acids is 1. The third kappa shape index (κ3) is 3.35. The van der Waals surface area contributed by atoms with Crippen molar-refractivity contribution in [3.8, 4) is 0 Å². The third-order valence-electron chi connectivity index (χ3n) is 3.14. The molecule has 0 fully saturated rings. The van der Waals surface area contributed by atoms with Gasteiger partial charge in [0.05, 0.1) is 0 Å². The molecule has 17 heavy (non-hydrogen) atoms. The molecule has 0 aliphatic rings. The molecule has 0 saturated carbocycles. The second-order valence-corrected chi connectivity index (χ2v) is 4.81. The Hall–Kier alpha value is -1.25. The molecule has 1 aromatic heterocycles. The molecule has 0 bridgehead atoms. The minimum absolute atomic E-state index is 0.127. The summed E-state index contributed by atoms with van der Waals surface area (Å²) in [5, 5.41) is 2.92. The summed E-state index contributed by atoms with van der Waals surface area (Å²) in [7, 11) is 0. The Morgan fingerprint density at radius 1 is 1.41 bits per heavy atom. The first-order valence-electron chi connectivity index (χ1n) is 6.41. The smallest absolute Gasteiger partial charge is 0.219 e. The number of carbonyl (C=O) groups is 1. The van der Waals surface area contributed by atoms with Crippen LogP contribution in [0.4, 0.5) is 0 Å². The van der Waals surface area contributed by atoms with Gasteiger partial charge in [-0.1, -0.05) is 6.92 Å². The predicted molar refractivity (Wildman–Crippen MR) is 71.3 cm³/mol. The van der Waals surface area contributed by atoms with E-state index in [-0.39, 0.29) is 5.91 Å². The molecule has 1 N–H and O–H groups in total. The molecule has 1 rings (SSSR count). The van der Waals surface area contributed by atoms with Crippen LogP contribution in [-0.4, -0.2) is 17.0 Å². The lowest BCUT2D eigenvalue weighted by atomic mass is 10.2. The van der Waals surface area contributed by atoms with Crippen molar-refractivity contribution in [2.45, 2.75) is 53.5 Å². The molecule has 0 unspecified atom stereocenters. The van der Waals surface area contributed by atoms with E-state index in [4.69, 9.17) is 0 Å². The van der Waals surface area contributed by atoms with Gasteiger partial charge in [0.15, 0.2) is 0 Å². The lowest BCUT2D eigenvalue weighted by Crippen LogP contribution is -2.24. The highest BCUT2D eigenvalue weighted by atomic mass is 16.1. The Balaban J connectivity index is 2.67. The minimum atomic E-state index is 0.127.